The van der Waals surface area contributed by atoms with Crippen LogP contribution in [-0.2, 0) is 4.79 Å². The van der Waals surface area contributed by atoms with Gasteiger partial charge in [0.25, 0.3) is 11.8 Å². The molecule has 2 amide bonds. The average Bonchev–Trinajstić information content (AvgIpc) is 3.12. The SMILES string of the molecule is Cc1cc(C(=O)NNC(=O)/C=C/c2nc3ccccc3s2)c(C)o1. The average molecular weight is 341 g/mol. The predicted molar refractivity (Wildman–Crippen MR) is 92.4 cm³/mol. The second-order valence-electron chi connectivity index (χ2n) is 5.12. The molecule has 7 heteroatoms. The second kappa shape index (κ2) is 6.67. The molecule has 0 saturated heterocycles. The molecule has 0 fully saturated rings. The lowest BCUT2D eigenvalue weighted by Gasteiger charge is -2.03. The first-order valence-corrected chi connectivity index (χ1v) is 8.05. The number of nitrogens with one attached hydrogen (secondary N) is 2. The van der Waals surface area contributed by atoms with Gasteiger partial charge in [0, 0.05) is 6.08 Å². The van der Waals surface area contributed by atoms with E-state index in [-0.39, 0.29) is 0 Å². The van der Waals surface area contributed by atoms with Crippen LogP contribution in [0, 0.1) is 13.8 Å². The number of fused-ring (bicyclic) bond motifs is 1. The molecule has 1 aromatic carbocycles. The van der Waals surface area contributed by atoms with Crippen LogP contribution in [0.2, 0.25) is 0 Å². The van der Waals surface area contributed by atoms with E-state index in [1.165, 1.54) is 17.4 Å². The van der Waals surface area contributed by atoms with Crippen molar-refractivity contribution in [1.82, 2.24) is 15.8 Å². The van der Waals surface area contributed by atoms with Gasteiger partial charge in [-0.15, -0.1) is 11.3 Å². The van der Waals surface area contributed by atoms with Crippen LogP contribution >= 0.6 is 11.3 Å². The van der Waals surface area contributed by atoms with Crippen molar-refractivity contribution in [3.63, 3.8) is 0 Å². The van der Waals surface area contributed by atoms with E-state index < -0.39 is 11.8 Å². The third-order valence-electron chi connectivity index (χ3n) is 3.27. The molecule has 3 rings (SSSR count). The smallest absolute Gasteiger partial charge is 0.273 e. The van der Waals surface area contributed by atoms with Crippen LogP contribution in [0.15, 0.2) is 40.8 Å². The third-order valence-corrected chi connectivity index (χ3v) is 4.27. The van der Waals surface area contributed by atoms with E-state index in [2.05, 4.69) is 15.8 Å². The van der Waals surface area contributed by atoms with Crippen molar-refractivity contribution in [2.75, 3.05) is 0 Å². The highest BCUT2D eigenvalue weighted by atomic mass is 32.1. The fourth-order valence-electron chi connectivity index (χ4n) is 2.19. The number of aromatic nitrogens is 1. The first kappa shape index (κ1) is 15.9. The van der Waals surface area contributed by atoms with Crippen molar-refractivity contribution in [3.05, 3.63) is 58.5 Å². The zero-order chi connectivity index (χ0) is 17.1. The minimum Gasteiger partial charge on any atom is -0.466 e. The van der Waals surface area contributed by atoms with Gasteiger partial charge in [-0.25, -0.2) is 4.98 Å². The highest BCUT2D eigenvalue weighted by Crippen LogP contribution is 2.22. The number of para-hydroxylation sites is 1. The molecule has 0 unspecified atom stereocenters. The van der Waals surface area contributed by atoms with Crippen molar-refractivity contribution >= 4 is 39.4 Å². The summed E-state index contributed by atoms with van der Waals surface area (Å²) in [6, 6.07) is 9.36. The molecule has 6 nitrogen and oxygen atoms in total. The topological polar surface area (TPSA) is 84.2 Å². The van der Waals surface area contributed by atoms with Gasteiger partial charge in [-0.2, -0.15) is 0 Å². The van der Waals surface area contributed by atoms with Gasteiger partial charge in [-0.05, 0) is 38.1 Å². The lowest BCUT2D eigenvalue weighted by Crippen LogP contribution is -2.40. The van der Waals surface area contributed by atoms with Crippen molar-refractivity contribution in [2.24, 2.45) is 0 Å². The molecule has 122 valence electrons. The van der Waals surface area contributed by atoms with Gasteiger partial charge in [-0.3, -0.25) is 20.4 Å². The summed E-state index contributed by atoms with van der Waals surface area (Å²) in [4.78, 5) is 28.1. The normalized spacial score (nSPS) is 11.1. The van der Waals surface area contributed by atoms with Gasteiger partial charge in [0.15, 0.2) is 0 Å². The standard InChI is InChI=1S/C17H15N3O3S/c1-10-9-12(11(2)23-10)17(22)20-19-15(21)7-8-16-18-13-5-3-4-6-14(13)24-16/h3-9H,1-2H3,(H,19,21)(H,20,22)/b8-7+. The van der Waals surface area contributed by atoms with Gasteiger partial charge >= 0.3 is 0 Å². The Morgan fingerprint density at radius 3 is 2.71 bits per heavy atom. The van der Waals surface area contributed by atoms with Crippen LogP contribution in [0.1, 0.15) is 26.9 Å². The zero-order valence-corrected chi connectivity index (χ0v) is 13.9. The molecule has 3 aromatic rings. The van der Waals surface area contributed by atoms with Gasteiger partial charge < -0.3 is 4.42 Å². The Hall–Kier alpha value is -2.93. The maximum atomic E-state index is 12.0. The molecule has 0 radical (unpaired) electrons. The summed E-state index contributed by atoms with van der Waals surface area (Å²) in [6.45, 7) is 3.44. The summed E-state index contributed by atoms with van der Waals surface area (Å²) in [6.07, 6.45) is 2.94. The summed E-state index contributed by atoms with van der Waals surface area (Å²) in [5.74, 6) is 0.274. The molecule has 0 spiro atoms. The Morgan fingerprint density at radius 2 is 2.00 bits per heavy atom. The van der Waals surface area contributed by atoms with E-state index >= 15 is 0 Å². The Labute approximate surface area is 142 Å². The molecule has 0 atom stereocenters. The monoisotopic (exact) mass is 341 g/mol. The van der Waals surface area contributed by atoms with E-state index in [1.807, 2.05) is 24.3 Å². The highest BCUT2D eigenvalue weighted by Gasteiger charge is 2.13. The van der Waals surface area contributed by atoms with Gasteiger partial charge in [0.05, 0.1) is 15.8 Å². The summed E-state index contributed by atoms with van der Waals surface area (Å²) < 4.78 is 6.33. The fourth-order valence-corrected chi connectivity index (χ4v) is 3.06. The number of amides is 2. The molecule has 0 bridgehead atoms. The number of carbonyl (C=O) groups is 2. The maximum absolute atomic E-state index is 12.0. The zero-order valence-electron chi connectivity index (χ0n) is 13.1. The van der Waals surface area contributed by atoms with E-state index in [0.717, 1.165) is 15.2 Å². The lowest BCUT2D eigenvalue weighted by atomic mass is 10.2. The number of hydrogen-bond donors (Lipinski definition) is 2. The molecular formula is C17H15N3O3S. The van der Waals surface area contributed by atoms with Crippen molar-refractivity contribution in [2.45, 2.75) is 13.8 Å². The van der Waals surface area contributed by atoms with Crippen LogP contribution in [0.5, 0.6) is 0 Å². The van der Waals surface area contributed by atoms with Gasteiger partial charge in [0.1, 0.15) is 16.5 Å². The molecular weight excluding hydrogens is 326 g/mol. The molecule has 0 aliphatic carbocycles. The molecule has 2 aromatic heterocycles. The largest absolute Gasteiger partial charge is 0.466 e. The lowest BCUT2D eigenvalue weighted by molar-refractivity contribution is -0.117. The number of rotatable bonds is 3. The second-order valence-corrected chi connectivity index (χ2v) is 6.19. The minimum absolute atomic E-state index is 0.392. The minimum atomic E-state index is -0.444. The van der Waals surface area contributed by atoms with E-state index in [1.54, 1.807) is 26.0 Å². The van der Waals surface area contributed by atoms with Crippen molar-refractivity contribution in [3.8, 4) is 0 Å². The third kappa shape index (κ3) is 3.52. The van der Waals surface area contributed by atoms with Crippen LogP contribution < -0.4 is 10.9 Å². The summed E-state index contributed by atoms with van der Waals surface area (Å²) in [5, 5.41) is 0.721. The van der Waals surface area contributed by atoms with Crippen LogP contribution in [0.3, 0.4) is 0 Å². The number of thiazole rings is 1. The quantitative estimate of drug-likeness (QED) is 0.566. The molecule has 0 saturated carbocycles. The van der Waals surface area contributed by atoms with Crippen LogP contribution in [-0.4, -0.2) is 16.8 Å². The van der Waals surface area contributed by atoms with Crippen LogP contribution in [0.4, 0.5) is 0 Å². The number of hydrogen-bond acceptors (Lipinski definition) is 5. The Balaban J connectivity index is 1.59. The number of aryl methyl sites for hydroxylation is 2. The van der Waals surface area contributed by atoms with Crippen molar-refractivity contribution in [1.29, 1.82) is 0 Å². The Bertz CT molecular complexity index is 907. The first-order valence-electron chi connectivity index (χ1n) is 7.24. The number of carbonyl (C=O) groups excluding carboxylic acids is 2. The van der Waals surface area contributed by atoms with E-state index in [9.17, 15) is 9.59 Å². The maximum Gasteiger partial charge on any atom is 0.273 e. The van der Waals surface area contributed by atoms with Crippen LogP contribution in [0.25, 0.3) is 16.3 Å². The fraction of sp³-hybridized carbons (Fsp3) is 0.118. The molecule has 24 heavy (non-hydrogen) atoms. The number of furan rings is 1. The predicted octanol–water partition coefficient (Wildman–Crippen LogP) is 2.98. The van der Waals surface area contributed by atoms with Gasteiger partial charge in [0.2, 0.25) is 0 Å². The summed E-state index contributed by atoms with van der Waals surface area (Å²) in [5.41, 5.74) is 5.96. The first-order chi connectivity index (χ1) is 11.5. The number of hydrazine groups is 1. The highest BCUT2D eigenvalue weighted by molar-refractivity contribution is 7.19. The Morgan fingerprint density at radius 1 is 1.21 bits per heavy atom. The van der Waals surface area contributed by atoms with E-state index in [4.69, 9.17) is 4.42 Å². The summed E-state index contributed by atoms with van der Waals surface area (Å²) in [7, 11) is 0. The van der Waals surface area contributed by atoms with Crippen molar-refractivity contribution < 1.29 is 14.0 Å². The van der Waals surface area contributed by atoms with Gasteiger partial charge in [-0.1, -0.05) is 12.1 Å². The number of benzene rings is 1. The molecule has 2 N–H and O–H groups in total. The molecule has 0 aliphatic heterocycles. The number of nitrogens with zero attached hydrogens (tertiary/aromatic N) is 1. The Kier molecular flexibility index (Phi) is 4.43. The van der Waals surface area contributed by atoms with E-state index in [0.29, 0.717) is 17.1 Å². The molecule has 2 heterocycles. The summed E-state index contributed by atoms with van der Waals surface area (Å²) >= 11 is 1.49. The molecule has 0 aliphatic rings.